The topological polar surface area (TPSA) is 53.1 Å². The maximum atomic E-state index is 6.27. The first-order valence-electron chi connectivity index (χ1n) is 5.26. The molecule has 0 radical (unpaired) electrons. The molecule has 1 atom stereocenters. The lowest BCUT2D eigenvalue weighted by molar-refractivity contribution is 0.404. The van der Waals surface area contributed by atoms with E-state index in [1.165, 1.54) is 0 Å². The minimum atomic E-state index is -0.213. The van der Waals surface area contributed by atoms with Gasteiger partial charge in [-0.25, -0.2) is 0 Å². The molecule has 2 rings (SSSR count). The highest BCUT2D eigenvalue weighted by Gasteiger charge is 2.20. The van der Waals surface area contributed by atoms with E-state index in [4.69, 9.17) is 10.5 Å². The van der Waals surface area contributed by atoms with E-state index in [9.17, 15) is 0 Å². The zero-order valence-electron chi connectivity index (χ0n) is 9.68. The number of aryl methyl sites for hydroxylation is 1. The number of ether oxygens (including phenoxy) is 1. The second kappa shape index (κ2) is 5.20. The minimum Gasteiger partial charge on any atom is -0.493 e. The van der Waals surface area contributed by atoms with Crippen molar-refractivity contribution in [3.63, 3.8) is 0 Å². The summed E-state index contributed by atoms with van der Waals surface area (Å²) in [5.41, 5.74) is 8.25. The van der Waals surface area contributed by atoms with Gasteiger partial charge in [-0.1, -0.05) is 0 Å². The maximum absolute atomic E-state index is 6.27. The first-order valence-corrected chi connectivity index (χ1v) is 6.93. The number of aromatic nitrogens is 2. The lowest BCUT2D eigenvalue weighted by Gasteiger charge is -2.13. The molecule has 2 N–H and O–H groups in total. The zero-order valence-corrected chi connectivity index (χ0v) is 12.1. The van der Waals surface area contributed by atoms with Gasteiger partial charge in [-0.3, -0.25) is 4.68 Å². The Hall–Kier alpha value is -0.850. The van der Waals surface area contributed by atoms with Gasteiger partial charge >= 0.3 is 0 Å². The molecule has 0 spiro atoms. The average molecular weight is 316 g/mol. The van der Waals surface area contributed by atoms with Crippen LogP contribution >= 0.6 is 27.3 Å². The Labute approximate surface area is 113 Å². The number of rotatable bonds is 4. The van der Waals surface area contributed by atoms with E-state index < -0.39 is 0 Å². The molecule has 0 aliphatic carbocycles. The van der Waals surface area contributed by atoms with E-state index in [2.05, 4.69) is 21.0 Å². The molecule has 0 aromatic carbocycles. The van der Waals surface area contributed by atoms with Crippen LogP contribution in [0.5, 0.6) is 5.75 Å². The van der Waals surface area contributed by atoms with Gasteiger partial charge in [-0.2, -0.15) is 5.10 Å². The van der Waals surface area contributed by atoms with Crippen molar-refractivity contribution in [1.29, 1.82) is 0 Å². The van der Waals surface area contributed by atoms with Crippen LogP contribution in [0, 0.1) is 0 Å². The summed E-state index contributed by atoms with van der Waals surface area (Å²) in [4.78, 5) is 0. The van der Waals surface area contributed by atoms with E-state index in [0.29, 0.717) is 0 Å². The monoisotopic (exact) mass is 315 g/mol. The summed E-state index contributed by atoms with van der Waals surface area (Å²) >= 11 is 5.07. The number of halogens is 1. The molecule has 2 heterocycles. The average Bonchev–Trinajstić information content (AvgIpc) is 2.93. The van der Waals surface area contributed by atoms with Crippen LogP contribution in [0.4, 0.5) is 0 Å². The van der Waals surface area contributed by atoms with Crippen LogP contribution in [0.3, 0.4) is 0 Å². The number of methoxy groups -OCH3 is 1. The van der Waals surface area contributed by atoms with Gasteiger partial charge in [0.05, 0.1) is 23.1 Å². The molecule has 17 heavy (non-hydrogen) atoms. The molecule has 2 aromatic heterocycles. The van der Waals surface area contributed by atoms with Crippen molar-refractivity contribution in [2.75, 3.05) is 7.11 Å². The number of nitrogens with zero attached hydrogens (tertiary/aromatic N) is 2. The SMILES string of the molecule is CCn1ncc(OC)c1C(N)c1csc(Br)c1. The molecule has 6 heteroatoms. The van der Waals surface area contributed by atoms with Crippen LogP contribution in [0.15, 0.2) is 21.4 Å². The highest BCUT2D eigenvalue weighted by molar-refractivity contribution is 9.11. The first kappa shape index (κ1) is 12.6. The van der Waals surface area contributed by atoms with E-state index in [0.717, 1.165) is 27.3 Å². The molecule has 0 fully saturated rings. The summed E-state index contributed by atoms with van der Waals surface area (Å²) in [6.45, 7) is 2.81. The molecule has 92 valence electrons. The molecule has 2 aromatic rings. The van der Waals surface area contributed by atoms with Gasteiger partial charge in [-0.15, -0.1) is 11.3 Å². The predicted octanol–water partition coefficient (Wildman–Crippen LogP) is 2.78. The first-order chi connectivity index (χ1) is 8.17. The summed E-state index contributed by atoms with van der Waals surface area (Å²) in [7, 11) is 1.64. The molecular formula is C11H14BrN3OS. The fraction of sp³-hybridized carbons (Fsp3) is 0.364. The number of thiophene rings is 1. The van der Waals surface area contributed by atoms with Gasteiger partial charge in [0.2, 0.25) is 0 Å². The molecule has 4 nitrogen and oxygen atoms in total. The van der Waals surface area contributed by atoms with E-state index in [1.807, 2.05) is 23.1 Å². The Balaban J connectivity index is 2.41. The lowest BCUT2D eigenvalue weighted by Crippen LogP contribution is -2.17. The number of nitrogens with two attached hydrogens (primary N) is 1. The van der Waals surface area contributed by atoms with E-state index >= 15 is 0 Å². The Morgan fingerprint density at radius 1 is 1.65 bits per heavy atom. The summed E-state index contributed by atoms with van der Waals surface area (Å²) < 4.78 is 8.25. The predicted molar refractivity (Wildman–Crippen MR) is 72.5 cm³/mol. The van der Waals surface area contributed by atoms with Gasteiger partial charge < -0.3 is 10.5 Å². The Kier molecular flexibility index (Phi) is 3.86. The second-order valence-electron chi connectivity index (χ2n) is 3.58. The minimum absolute atomic E-state index is 0.213. The van der Waals surface area contributed by atoms with Crippen LogP contribution in [-0.4, -0.2) is 16.9 Å². The van der Waals surface area contributed by atoms with E-state index in [1.54, 1.807) is 24.6 Å². The maximum Gasteiger partial charge on any atom is 0.161 e. The van der Waals surface area contributed by atoms with Gasteiger partial charge in [0.15, 0.2) is 5.75 Å². The Morgan fingerprint density at radius 2 is 2.41 bits per heavy atom. The van der Waals surface area contributed by atoms with Crippen molar-refractivity contribution in [2.45, 2.75) is 19.5 Å². The van der Waals surface area contributed by atoms with Gasteiger partial charge in [0.25, 0.3) is 0 Å². The molecule has 0 amide bonds. The molecule has 0 bridgehead atoms. The van der Waals surface area contributed by atoms with Crippen molar-refractivity contribution < 1.29 is 4.74 Å². The summed E-state index contributed by atoms with van der Waals surface area (Å²) in [6.07, 6.45) is 1.71. The number of hydrogen-bond donors (Lipinski definition) is 1. The van der Waals surface area contributed by atoms with Crippen LogP contribution in [0.1, 0.15) is 24.2 Å². The van der Waals surface area contributed by atoms with Crippen LogP contribution in [-0.2, 0) is 6.54 Å². The number of hydrogen-bond acceptors (Lipinski definition) is 4. The Bertz CT molecular complexity index is 487. The van der Waals surface area contributed by atoms with Crippen molar-refractivity contribution in [2.24, 2.45) is 5.73 Å². The largest absolute Gasteiger partial charge is 0.493 e. The summed E-state index contributed by atoms with van der Waals surface area (Å²) in [5, 5.41) is 6.31. The van der Waals surface area contributed by atoms with Crippen molar-refractivity contribution >= 4 is 27.3 Å². The van der Waals surface area contributed by atoms with Gasteiger partial charge in [-0.05, 0) is 39.9 Å². The van der Waals surface area contributed by atoms with Crippen molar-refractivity contribution in [3.05, 3.63) is 32.7 Å². The summed E-state index contributed by atoms with van der Waals surface area (Å²) in [6, 6.07) is 1.82. The third kappa shape index (κ3) is 2.38. The summed E-state index contributed by atoms with van der Waals surface area (Å²) in [5.74, 6) is 0.738. The van der Waals surface area contributed by atoms with Crippen LogP contribution in [0.25, 0.3) is 0 Å². The second-order valence-corrected chi connectivity index (χ2v) is 5.87. The van der Waals surface area contributed by atoms with E-state index in [-0.39, 0.29) is 6.04 Å². The van der Waals surface area contributed by atoms with Crippen LogP contribution < -0.4 is 10.5 Å². The normalized spacial score (nSPS) is 12.7. The molecule has 0 saturated heterocycles. The fourth-order valence-electron chi connectivity index (χ4n) is 1.75. The van der Waals surface area contributed by atoms with Crippen LogP contribution in [0.2, 0.25) is 0 Å². The molecule has 0 aliphatic rings. The molecular weight excluding hydrogens is 302 g/mol. The molecule has 0 saturated carbocycles. The zero-order chi connectivity index (χ0) is 12.4. The lowest BCUT2D eigenvalue weighted by atomic mass is 10.1. The van der Waals surface area contributed by atoms with Crippen molar-refractivity contribution in [3.8, 4) is 5.75 Å². The third-order valence-electron chi connectivity index (χ3n) is 2.61. The van der Waals surface area contributed by atoms with Crippen molar-refractivity contribution in [1.82, 2.24) is 9.78 Å². The standard InChI is InChI=1S/C11H14BrN3OS/c1-3-15-11(8(16-2)5-14-15)10(13)7-4-9(12)17-6-7/h4-6,10H,3,13H2,1-2H3. The highest BCUT2D eigenvalue weighted by Crippen LogP contribution is 2.32. The fourth-order valence-corrected chi connectivity index (χ4v) is 2.96. The van der Waals surface area contributed by atoms with Gasteiger partial charge in [0, 0.05) is 6.54 Å². The Morgan fingerprint density at radius 3 is 2.94 bits per heavy atom. The smallest absolute Gasteiger partial charge is 0.161 e. The molecule has 0 aliphatic heterocycles. The quantitative estimate of drug-likeness (QED) is 0.944. The molecule has 1 unspecified atom stereocenters. The highest BCUT2D eigenvalue weighted by atomic mass is 79.9. The third-order valence-corrected chi connectivity index (χ3v) is 4.13. The van der Waals surface area contributed by atoms with Gasteiger partial charge in [0.1, 0.15) is 5.69 Å².